The summed E-state index contributed by atoms with van der Waals surface area (Å²) in [6.45, 7) is 0. The highest BCUT2D eigenvalue weighted by molar-refractivity contribution is 9.11. The largest absolute Gasteiger partial charge is 0.288 e. The first-order chi connectivity index (χ1) is 7.58. The second-order valence-corrected chi connectivity index (χ2v) is 6.54. The molecule has 0 radical (unpaired) electrons. The number of hydrogen-bond donors (Lipinski definition) is 0. The predicted octanol–water partition coefficient (Wildman–Crippen LogP) is 5.16. The fraction of sp³-hybridized carbons (Fsp3) is 0. The molecule has 2 rings (SSSR count). The quantitative estimate of drug-likeness (QED) is 0.658. The third kappa shape index (κ3) is 2.56. The monoisotopic (exact) mass is 378 g/mol. The molecule has 0 bridgehead atoms. The van der Waals surface area contributed by atoms with Crippen LogP contribution >= 0.6 is 54.8 Å². The highest BCUT2D eigenvalue weighted by Crippen LogP contribution is 2.28. The molecule has 5 heteroatoms. The molecule has 0 saturated carbocycles. The summed E-state index contributed by atoms with van der Waals surface area (Å²) in [5, 5.41) is 0. The van der Waals surface area contributed by atoms with Crippen LogP contribution in [0.3, 0.4) is 0 Å². The molecule has 0 fully saturated rings. The van der Waals surface area contributed by atoms with Crippen molar-refractivity contribution in [3.05, 3.63) is 54.1 Å². The van der Waals surface area contributed by atoms with E-state index in [0.717, 1.165) is 8.95 Å². The second kappa shape index (κ2) is 5.00. The van der Waals surface area contributed by atoms with Crippen LogP contribution in [-0.2, 0) is 0 Å². The molecule has 16 heavy (non-hydrogen) atoms. The molecule has 82 valence electrons. The molecule has 0 N–H and O–H groups in total. The lowest BCUT2D eigenvalue weighted by Gasteiger charge is -2.02. The van der Waals surface area contributed by atoms with Crippen LogP contribution in [0, 0.1) is 0 Å². The van der Waals surface area contributed by atoms with Crippen LogP contribution in [0.25, 0.3) is 0 Å². The summed E-state index contributed by atoms with van der Waals surface area (Å²) < 4.78 is 2.28. The van der Waals surface area contributed by atoms with E-state index >= 15 is 0 Å². The minimum absolute atomic E-state index is 0.0231. The highest BCUT2D eigenvalue weighted by Gasteiger charge is 2.14. The molecule has 0 unspecified atom stereocenters. The van der Waals surface area contributed by atoms with Gasteiger partial charge in [-0.15, -0.1) is 11.3 Å². The SMILES string of the molecule is O=C(c1ccc(Cl)s1)c1cc(Br)ccc1Br. The number of ketones is 1. The Morgan fingerprint density at radius 3 is 2.56 bits per heavy atom. The average molecular weight is 380 g/mol. The molecule has 1 aromatic carbocycles. The van der Waals surface area contributed by atoms with Crippen molar-refractivity contribution in [3.8, 4) is 0 Å². The maximum atomic E-state index is 12.1. The summed E-state index contributed by atoms with van der Waals surface area (Å²) in [5.74, 6) is -0.0231. The van der Waals surface area contributed by atoms with Gasteiger partial charge in [0.15, 0.2) is 0 Å². The van der Waals surface area contributed by atoms with Gasteiger partial charge in [-0.05, 0) is 30.3 Å². The van der Waals surface area contributed by atoms with Crippen molar-refractivity contribution < 1.29 is 4.79 Å². The molecule has 1 aromatic heterocycles. The van der Waals surface area contributed by atoms with Crippen LogP contribution in [0.5, 0.6) is 0 Å². The lowest BCUT2D eigenvalue weighted by Crippen LogP contribution is -1.99. The Labute approximate surface area is 119 Å². The maximum absolute atomic E-state index is 12.1. The zero-order valence-electron chi connectivity index (χ0n) is 7.84. The number of benzene rings is 1. The molecule has 0 atom stereocenters. The molecule has 1 heterocycles. The Morgan fingerprint density at radius 1 is 1.19 bits per heavy atom. The number of carbonyl (C=O) groups is 1. The minimum atomic E-state index is -0.0231. The Balaban J connectivity index is 2.45. The van der Waals surface area contributed by atoms with Crippen molar-refractivity contribution in [2.24, 2.45) is 0 Å². The fourth-order valence-corrected chi connectivity index (χ4v) is 3.03. The third-order valence-electron chi connectivity index (χ3n) is 1.97. The van der Waals surface area contributed by atoms with Crippen molar-refractivity contribution in [1.82, 2.24) is 0 Å². The third-order valence-corrected chi connectivity index (χ3v) is 4.38. The smallest absolute Gasteiger partial charge is 0.204 e. The van der Waals surface area contributed by atoms with E-state index < -0.39 is 0 Å². The molecule has 0 aliphatic carbocycles. The number of rotatable bonds is 2. The van der Waals surface area contributed by atoms with Gasteiger partial charge in [0, 0.05) is 14.5 Å². The van der Waals surface area contributed by atoms with Crippen molar-refractivity contribution in [2.45, 2.75) is 0 Å². The van der Waals surface area contributed by atoms with Crippen molar-refractivity contribution >= 4 is 60.6 Å². The number of thiophene rings is 1. The van der Waals surface area contributed by atoms with E-state index in [0.29, 0.717) is 14.8 Å². The van der Waals surface area contributed by atoms with Crippen LogP contribution in [0.4, 0.5) is 0 Å². The van der Waals surface area contributed by atoms with Crippen LogP contribution in [0.2, 0.25) is 4.34 Å². The van der Waals surface area contributed by atoms with E-state index in [9.17, 15) is 4.79 Å². The Bertz CT molecular complexity index is 551. The molecular weight excluding hydrogens is 375 g/mol. The number of halogens is 3. The van der Waals surface area contributed by atoms with Gasteiger partial charge < -0.3 is 0 Å². The predicted molar refractivity (Wildman–Crippen MR) is 74.6 cm³/mol. The van der Waals surface area contributed by atoms with E-state index in [1.807, 2.05) is 12.1 Å². The molecule has 1 nitrogen and oxygen atoms in total. The molecule has 0 aliphatic heterocycles. The maximum Gasteiger partial charge on any atom is 0.204 e. The first-order valence-electron chi connectivity index (χ1n) is 4.33. The first kappa shape index (κ1) is 12.3. The van der Waals surface area contributed by atoms with Crippen LogP contribution in [0.1, 0.15) is 15.2 Å². The van der Waals surface area contributed by atoms with E-state index in [1.165, 1.54) is 11.3 Å². The zero-order valence-corrected chi connectivity index (χ0v) is 12.6. The molecule has 0 saturated heterocycles. The van der Waals surface area contributed by atoms with Gasteiger partial charge in [0.05, 0.1) is 9.21 Å². The normalized spacial score (nSPS) is 10.4. The Hall–Kier alpha value is -0.160. The highest BCUT2D eigenvalue weighted by atomic mass is 79.9. The second-order valence-electron chi connectivity index (χ2n) is 3.06. The van der Waals surface area contributed by atoms with Crippen LogP contribution in [0.15, 0.2) is 39.3 Å². The Kier molecular flexibility index (Phi) is 3.85. The molecule has 0 amide bonds. The summed E-state index contributed by atoms with van der Waals surface area (Å²) in [6.07, 6.45) is 0. The summed E-state index contributed by atoms with van der Waals surface area (Å²) in [4.78, 5) is 12.8. The summed E-state index contributed by atoms with van der Waals surface area (Å²) >= 11 is 13.8. The summed E-state index contributed by atoms with van der Waals surface area (Å²) in [6, 6.07) is 8.98. The van der Waals surface area contributed by atoms with Gasteiger partial charge in [0.25, 0.3) is 0 Å². The van der Waals surface area contributed by atoms with Gasteiger partial charge in [-0.2, -0.15) is 0 Å². The van der Waals surface area contributed by atoms with E-state index in [2.05, 4.69) is 31.9 Å². The van der Waals surface area contributed by atoms with Gasteiger partial charge >= 0.3 is 0 Å². The lowest BCUT2D eigenvalue weighted by molar-refractivity contribution is 0.104. The number of carbonyl (C=O) groups excluding carboxylic acids is 1. The number of hydrogen-bond acceptors (Lipinski definition) is 2. The van der Waals surface area contributed by atoms with Gasteiger partial charge in [-0.25, -0.2) is 0 Å². The average Bonchev–Trinajstić information content (AvgIpc) is 2.67. The van der Waals surface area contributed by atoms with Crippen LogP contribution < -0.4 is 0 Å². The molecule has 0 aliphatic rings. The van der Waals surface area contributed by atoms with E-state index in [4.69, 9.17) is 11.6 Å². The van der Waals surface area contributed by atoms with Gasteiger partial charge in [0.1, 0.15) is 0 Å². The molecule has 0 spiro atoms. The van der Waals surface area contributed by atoms with Gasteiger partial charge in [0.2, 0.25) is 5.78 Å². The minimum Gasteiger partial charge on any atom is -0.288 e. The Morgan fingerprint density at radius 2 is 1.94 bits per heavy atom. The van der Waals surface area contributed by atoms with Gasteiger partial charge in [-0.3, -0.25) is 4.79 Å². The molecule has 2 aromatic rings. The molecular formula is C11H5Br2ClOS. The summed E-state index contributed by atoms with van der Waals surface area (Å²) in [7, 11) is 0. The first-order valence-corrected chi connectivity index (χ1v) is 7.11. The standard InChI is InChI=1S/C11H5Br2ClOS/c12-6-1-2-8(13)7(5-6)11(15)9-3-4-10(14)16-9/h1-5H. The van der Waals surface area contributed by atoms with Crippen molar-refractivity contribution in [1.29, 1.82) is 0 Å². The van der Waals surface area contributed by atoms with Crippen molar-refractivity contribution in [2.75, 3.05) is 0 Å². The summed E-state index contributed by atoms with van der Waals surface area (Å²) in [5.41, 5.74) is 0.632. The van der Waals surface area contributed by atoms with Crippen molar-refractivity contribution in [3.63, 3.8) is 0 Å². The topological polar surface area (TPSA) is 17.1 Å². The van der Waals surface area contributed by atoms with E-state index in [1.54, 1.807) is 18.2 Å². The fourth-order valence-electron chi connectivity index (χ4n) is 1.24. The van der Waals surface area contributed by atoms with Gasteiger partial charge in [-0.1, -0.05) is 43.5 Å². The van der Waals surface area contributed by atoms with Crippen LogP contribution in [-0.4, -0.2) is 5.78 Å². The van der Waals surface area contributed by atoms with E-state index in [-0.39, 0.29) is 5.78 Å². The lowest BCUT2D eigenvalue weighted by atomic mass is 10.1. The zero-order chi connectivity index (χ0) is 11.7.